The molecule has 0 aliphatic carbocycles. The summed E-state index contributed by atoms with van der Waals surface area (Å²) in [6, 6.07) is 36.2. The van der Waals surface area contributed by atoms with E-state index in [0.29, 0.717) is 0 Å². The number of nitrogens with zero attached hydrogens (tertiary/aromatic N) is 4. The normalized spacial score (nSPS) is 12.0. The maximum Gasteiger partial charge on any atom is 0.129 e. The van der Waals surface area contributed by atoms with E-state index < -0.39 is 8.07 Å². The number of aryl methyl sites for hydroxylation is 4. The first-order valence-electron chi connectivity index (χ1n) is 33.5. The molecule has 8 aromatic rings. The second kappa shape index (κ2) is 28.9. The SMILES string of the molecule is CCCCCc1c2nc(c(C#Cc3ccc(C#Cc4c5ccc([nH]5)c(CCCCC)c5nc(c(C#Cc6ccc(C#C[Si](C)(C)C)cc6)c6nc(c(CCCCC)c7ccc4[nH]7)C=C6)C=C5)cc3)c3nc(c(CCCCC)c4ccc(cc5ccc1[nH]5)[nH]4)C=C3)C=C2. The fourth-order valence-corrected chi connectivity index (χ4v) is 12.7. The lowest BCUT2D eigenvalue weighted by molar-refractivity contribution is 0.717. The summed E-state index contributed by atoms with van der Waals surface area (Å²) in [5.41, 5.74) is 29.6. The Hall–Kier alpha value is -9.90. The summed E-state index contributed by atoms with van der Waals surface area (Å²) < 4.78 is 0. The predicted molar refractivity (Wildman–Crippen MR) is 392 cm³/mol. The molecule has 458 valence electrons. The van der Waals surface area contributed by atoms with Gasteiger partial charge in [0.1, 0.15) is 8.07 Å². The fraction of sp³-hybridized carbons (Fsp3) is 0.277. The van der Waals surface area contributed by atoms with Gasteiger partial charge in [-0.25, -0.2) is 19.9 Å². The Morgan fingerprint density at radius 3 is 0.902 bits per heavy atom. The third-order valence-electron chi connectivity index (χ3n) is 17.2. The minimum Gasteiger partial charge on any atom is -0.355 e. The molecule has 0 atom stereocenters. The summed E-state index contributed by atoms with van der Waals surface area (Å²) in [6.45, 7) is 15.8. The van der Waals surface area contributed by atoms with Crippen molar-refractivity contribution in [3.63, 3.8) is 0 Å². The van der Waals surface area contributed by atoms with E-state index in [1.54, 1.807) is 0 Å². The van der Waals surface area contributed by atoms with Crippen molar-refractivity contribution in [2.45, 2.75) is 150 Å². The molecule has 0 unspecified atom stereocenters. The van der Waals surface area contributed by atoms with Crippen LogP contribution in [0.4, 0.5) is 0 Å². The van der Waals surface area contributed by atoms with Crippen molar-refractivity contribution in [3.05, 3.63) is 210 Å². The Labute approximate surface area is 544 Å². The first-order valence-corrected chi connectivity index (χ1v) is 37.0. The lowest BCUT2D eigenvalue weighted by atomic mass is 10.1. The molecule has 4 aliphatic rings. The molecule has 8 nitrogen and oxygen atoms in total. The fourth-order valence-electron chi connectivity index (χ4n) is 12.2. The molecule has 12 rings (SSSR count). The van der Waals surface area contributed by atoms with E-state index in [4.69, 9.17) is 19.9 Å². The zero-order valence-electron chi connectivity index (χ0n) is 54.5. The molecule has 6 aromatic heterocycles. The summed E-state index contributed by atoms with van der Waals surface area (Å²) in [6.07, 6.45) is 33.9. The van der Waals surface area contributed by atoms with Crippen LogP contribution in [0.15, 0.2) is 103 Å². The molecule has 0 fully saturated rings. The first-order chi connectivity index (χ1) is 45.0. The van der Waals surface area contributed by atoms with Crippen molar-refractivity contribution in [2.75, 3.05) is 0 Å². The predicted octanol–water partition coefficient (Wildman–Crippen LogP) is 20.0. The summed E-state index contributed by atoms with van der Waals surface area (Å²) >= 11 is 0. The lowest BCUT2D eigenvalue weighted by Crippen LogP contribution is -2.16. The van der Waals surface area contributed by atoms with E-state index in [0.717, 1.165) is 242 Å². The van der Waals surface area contributed by atoms with E-state index in [2.05, 4.69) is 266 Å². The molecule has 92 heavy (non-hydrogen) atoms. The molecular weight excluding hydrogens is 1140 g/mol. The Bertz CT molecular complexity index is 4640. The number of rotatable bonds is 16. The topological polar surface area (TPSA) is 115 Å². The van der Waals surface area contributed by atoms with Gasteiger partial charge in [-0.2, -0.15) is 0 Å². The smallest absolute Gasteiger partial charge is 0.129 e. The Morgan fingerprint density at radius 1 is 0.293 bits per heavy atom. The summed E-state index contributed by atoms with van der Waals surface area (Å²) in [5.74, 6) is 24.9. The minimum absolute atomic E-state index is 0.800. The van der Waals surface area contributed by atoms with Crippen molar-refractivity contribution in [1.29, 1.82) is 0 Å². The molecule has 2 aromatic carbocycles. The monoisotopic (exact) mass is 1220 g/mol. The van der Waals surface area contributed by atoms with Crippen molar-refractivity contribution in [3.8, 4) is 47.0 Å². The Morgan fingerprint density at radius 2 is 0.576 bits per heavy atom. The van der Waals surface area contributed by atoms with Crippen LogP contribution in [0.25, 0.3) is 92.7 Å². The molecule has 0 spiro atoms. The van der Waals surface area contributed by atoms with Gasteiger partial charge in [-0.05, 0) is 203 Å². The first kappa shape index (κ1) is 62.3. The van der Waals surface area contributed by atoms with E-state index in [9.17, 15) is 0 Å². The highest BCUT2D eigenvalue weighted by Gasteiger charge is 2.19. The Balaban J connectivity index is 0.958. The maximum atomic E-state index is 5.41. The number of aromatic nitrogens is 8. The van der Waals surface area contributed by atoms with E-state index in [-0.39, 0.29) is 0 Å². The highest BCUT2D eigenvalue weighted by atomic mass is 28.3. The average Bonchev–Trinajstić information content (AvgIpc) is 1.75. The molecule has 10 heterocycles. The van der Waals surface area contributed by atoms with Crippen LogP contribution >= 0.6 is 0 Å². The van der Waals surface area contributed by atoms with Crippen LogP contribution in [0, 0.1) is 47.0 Å². The van der Waals surface area contributed by atoms with E-state index in [1.807, 2.05) is 0 Å². The molecular formula is C83H82N8Si. The molecule has 0 saturated carbocycles. The summed E-state index contributed by atoms with van der Waals surface area (Å²) in [4.78, 5) is 36.8. The summed E-state index contributed by atoms with van der Waals surface area (Å²) in [5, 5.41) is 0. The molecule has 0 saturated heterocycles. The number of hydrogen-bond donors (Lipinski definition) is 4. The number of fused-ring (bicyclic) bond motifs is 16. The standard InChI is InChI=1S/C83H82N8Si/c1-8-12-16-20-63-70-40-35-61(84-70)56-62-36-41-71(85-62)64(21-17-13-9-2)73-43-49-79(87-73)67(78-48-42-72(63)86-78)37-32-57-24-26-58(27-25-57)33-38-68-80-50-44-74(88-80)65(22-18-14-10-3)76-46-52-82(90-76)69(39-34-59-28-30-60(31-29-59)54-55-92(5,6)7)83-53-47-77(91-83)66(23-19-15-11-4)75-45-51-81(68)89-75/h24-31,35-36,40-53,56,84-85,88-89H,8-23H2,1-7H3. The minimum atomic E-state index is -1.51. The second-order valence-corrected chi connectivity index (χ2v) is 30.3. The highest BCUT2D eigenvalue weighted by molar-refractivity contribution is 6.83. The third-order valence-corrected chi connectivity index (χ3v) is 18.1. The molecule has 16 bridgehead atoms. The van der Waals surface area contributed by atoms with Crippen molar-refractivity contribution in [1.82, 2.24) is 39.9 Å². The van der Waals surface area contributed by atoms with Gasteiger partial charge in [-0.3, -0.25) is 0 Å². The van der Waals surface area contributed by atoms with Gasteiger partial charge in [0.15, 0.2) is 0 Å². The van der Waals surface area contributed by atoms with Crippen LogP contribution in [0.2, 0.25) is 19.6 Å². The largest absolute Gasteiger partial charge is 0.355 e. The number of benzene rings is 2. The van der Waals surface area contributed by atoms with Crippen molar-refractivity contribution >= 4 is 101 Å². The average molecular weight is 1220 g/mol. The number of unbranched alkanes of at least 4 members (excludes halogenated alkanes) is 8. The zero-order chi connectivity index (χ0) is 63.4. The van der Waals surface area contributed by atoms with Gasteiger partial charge >= 0.3 is 0 Å². The second-order valence-electron chi connectivity index (χ2n) is 25.5. The molecule has 0 radical (unpaired) electrons. The van der Waals surface area contributed by atoms with Gasteiger partial charge in [0.2, 0.25) is 0 Å². The highest BCUT2D eigenvalue weighted by Crippen LogP contribution is 2.31. The number of hydrogen-bond acceptors (Lipinski definition) is 4. The number of H-pyrrole nitrogens is 4. The van der Waals surface area contributed by atoms with Crippen molar-refractivity contribution in [2.24, 2.45) is 0 Å². The van der Waals surface area contributed by atoms with Crippen LogP contribution in [-0.2, 0) is 25.7 Å². The van der Waals surface area contributed by atoms with Gasteiger partial charge in [0.05, 0.1) is 73.3 Å². The van der Waals surface area contributed by atoms with Crippen LogP contribution < -0.4 is 0 Å². The van der Waals surface area contributed by atoms with Gasteiger partial charge < -0.3 is 19.9 Å². The summed E-state index contributed by atoms with van der Waals surface area (Å²) in [7, 11) is -1.51. The number of nitrogens with one attached hydrogen (secondary N) is 4. The van der Waals surface area contributed by atoms with Crippen LogP contribution in [0.5, 0.6) is 0 Å². The van der Waals surface area contributed by atoms with Crippen molar-refractivity contribution < 1.29 is 0 Å². The molecule has 9 heteroatoms. The molecule has 4 aliphatic heterocycles. The molecule has 4 N–H and O–H groups in total. The van der Waals surface area contributed by atoms with Crippen LogP contribution in [0.3, 0.4) is 0 Å². The Kier molecular flexibility index (Phi) is 19.6. The quantitative estimate of drug-likeness (QED) is 0.0438. The van der Waals surface area contributed by atoms with Crippen LogP contribution in [0.1, 0.15) is 211 Å². The van der Waals surface area contributed by atoms with E-state index >= 15 is 0 Å². The van der Waals surface area contributed by atoms with Crippen LogP contribution in [-0.4, -0.2) is 47.9 Å². The molecule has 0 amide bonds. The van der Waals surface area contributed by atoms with Gasteiger partial charge in [-0.1, -0.05) is 140 Å². The van der Waals surface area contributed by atoms with Gasteiger partial charge in [0.25, 0.3) is 0 Å². The van der Waals surface area contributed by atoms with Gasteiger partial charge in [-0.15, -0.1) is 5.54 Å². The zero-order valence-corrected chi connectivity index (χ0v) is 55.5. The lowest BCUT2D eigenvalue weighted by Gasteiger charge is -2.04. The number of aromatic amines is 4. The van der Waals surface area contributed by atoms with E-state index in [1.165, 1.54) is 11.1 Å². The third kappa shape index (κ3) is 14.9. The maximum absolute atomic E-state index is 5.41. The van der Waals surface area contributed by atoms with Gasteiger partial charge in [0, 0.05) is 77.6 Å².